The van der Waals surface area contributed by atoms with E-state index in [0.717, 1.165) is 61.3 Å². The fourth-order valence-electron chi connectivity index (χ4n) is 9.14. The zero-order valence-electron chi connectivity index (χ0n) is 33.6. The molecule has 0 atom stereocenters. The van der Waals surface area contributed by atoms with Crippen LogP contribution >= 0.6 is 0 Å². The summed E-state index contributed by atoms with van der Waals surface area (Å²) >= 11 is 0. The van der Waals surface area contributed by atoms with E-state index in [0.29, 0.717) is 17.5 Å². The molecule has 12 rings (SSSR count). The third-order valence-electron chi connectivity index (χ3n) is 12.0. The van der Waals surface area contributed by atoms with Gasteiger partial charge in [-0.15, -0.1) is 0 Å². The molecule has 290 valence electrons. The van der Waals surface area contributed by atoms with Gasteiger partial charge in [-0.05, 0) is 58.7 Å². The first-order valence-corrected chi connectivity index (χ1v) is 21.0. The van der Waals surface area contributed by atoms with Crippen molar-refractivity contribution in [3.05, 3.63) is 224 Å². The molecule has 3 aromatic heterocycles. The van der Waals surface area contributed by atoms with Gasteiger partial charge in [0.05, 0.1) is 22.1 Å². The summed E-state index contributed by atoms with van der Waals surface area (Å²) in [5, 5.41) is 4.79. The van der Waals surface area contributed by atoms with Crippen molar-refractivity contribution in [2.75, 3.05) is 0 Å². The lowest BCUT2D eigenvalue weighted by atomic mass is 9.99. The lowest BCUT2D eigenvalue weighted by Gasteiger charge is -2.14. The summed E-state index contributed by atoms with van der Waals surface area (Å²) < 4.78 is 4.87. The number of nitrogens with zero attached hydrogens (tertiary/aromatic N) is 5. The number of aromatic nitrogens is 5. The molecule has 0 aliphatic rings. The molecule has 0 bridgehead atoms. The van der Waals surface area contributed by atoms with E-state index in [9.17, 15) is 0 Å². The number of fused-ring (bicyclic) bond motifs is 7. The van der Waals surface area contributed by atoms with Crippen molar-refractivity contribution in [3.63, 3.8) is 0 Å². The quantitative estimate of drug-likeness (QED) is 0.162. The molecule has 12 aromatic rings. The van der Waals surface area contributed by atoms with Crippen LogP contribution < -0.4 is 0 Å². The number of benzene rings is 9. The Kier molecular flexibility index (Phi) is 8.42. The lowest BCUT2D eigenvalue weighted by molar-refractivity contribution is 1.07. The van der Waals surface area contributed by atoms with Gasteiger partial charge in [0, 0.05) is 49.6 Å². The zero-order valence-corrected chi connectivity index (χ0v) is 33.6. The minimum atomic E-state index is 0.608. The van der Waals surface area contributed by atoms with Crippen molar-refractivity contribution in [1.82, 2.24) is 24.1 Å². The number of hydrogen-bond donors (Lipinski definition) is 0. The second-order valence-corrected chi connectivity index (χ2v) is 15.6. The highest BCUT2D eigenvalue weighted by molar-refractivity contribution is 6.23. The summed E-state index contributed by atoms with van der Waals surface area (Å²) in [5.74, 6) is 1.86. The fraction of sp³-hybridized carbons (Fsp3) is 0. The first-order valence-electron chi connectivity index (χ1n) is 21.0. The van der Waals surface area contributed by atoms with E-state index in [1.165, 1.54) is 32.7 Å². The standard InChI is InChI=1S/C57H37N5/c1-4-17-38(18-5-1)39-31-33-43(34-32-39)61-51-29-14-12-26-46(51)48-35-36-49-47-27-13-15-30-52(47)62(54(49)53(48)61)44-24-16-23-42(37-44)56-58-55(41-21-8-3-9-22-41)59-57(60-56)50-28-11-10-25-45(50)40-19-6-2-7-20-40/h1-37H. The van der Waals surface area contributed by atoms with Gasteiger partial charge in [0.1, 0.15) is 0 Å². The first-order chi connectivity index (χ1) is 30.8. The van der Waals surface area contributed by atoms with Crippen LogP contribution in [0.5, 0.6) is 0 Å². The van der Waals surface area contributed by atoms with Crippen LogP contribution in [-0.4, -0.2) is 24.1 Å². The molecule has 5 heteroatoms. The number of rotatable bonds is 7. The Morgan fingerprint density at radius 2 is 0.710 bits per heavy atom. The van der Waals surface area contributed by atoms with E-state index < -0.39 is 0 Å². The molecule has 0 aliphatic heterocycles. The molecule has 0 unspecified atom stereocenters. The van der Waals surface area contributed by atoms with E-state index in [1.807, 2.05) is 30.3 Å². The number of para-hydroxylation sites is 2. The number of hydrogen-bond acceptors (Lipinski definition) is 3. The minimum absolute atomic E-state index is 0.608. The largest absolute Gasteiger partial charge is 0.307 e. The van der Waals surface area contributed by atoms with Gasteiger partial charge in [0.15, 0.2) is 17.5 Å². The normalized spacial score (nSPS) is 11.5. The summed E-state index contributed by atoms with van der Waals surface area (Å²) in [5.41, 5.74) is 14.1. The second-order valence-electron chi connectivity index (χ2n) is 15.6. The van der Waals surface area contributed by atoms with Crippen LogP contribution in [0.2, 0.25) is 0 Å². The summed E-state index contributed by atoms with van der Waals surface area (Å²) in [6.45, 7) is 0. The van der Waals surface area contributed by atoms with Gasteiger partial charge in [-0.2, -0.15) is 0 Å². The highest BCUT2D eigenvalue weighted by Gasteiger charge is 2.22. The van der Waals surface area contributed by atoms with Crippen LogP contribution in [-0.2, 0) is 0 Å². The van der Waals surface area contributed by atoms with Crippen LogP contribution in [0.1, 0.15) is 0 Å². The van der Waals surface area contributed by atoms with Crippen molar-refractivity contribution in [3.8, 4) is 67.8 Å². The van der Waals surface area contributed by atoms with Crippen LogP contribution in [0.15, 0.2) is 224 Å². The average molecular weight is 792 g/mol. The van der Waals surface area contributed by atoms with Crippen LogP contribution in [0, 0.1) is 0 Å². The molecule has 0 saturated carbocycles. The van der Waals surface area contributed by atoms with Crippen molar-refractivity contribution >= 4 is 43.6 Å². The van der Waals surface area contributed by atoms with Crippen molar-refractivity contribution in [2.24, 2.45) is 0 Å². The van der Waals surface area contributed by atoms with Gasteiger partial charge in [-0.25, -0.2) is 15.0 Å². The third kappa shape index (κ3) is 5.90. The highest BCUT2D eigenvalue weighted by Crippen LogP contribution is 2.42. The first kappa shape index (κ1) is 35.5. The molecule has 0 N–H and O–H groups in total. The summed E-state index contributed by atoms with van der Waals surface area (Å²) in [4.78, 5) is 15.6. The molecule has 3 heterocycles. The molecular weight excluding hydrogens is 755 g/mol. The Morgan fingerprint density at radius 1 is 0.258 bits per heavy atom. The van der Waals surface area contributed by atoms with Gasteiger partial charge < -0.3 is 9.13 Å². The molecule has 0 fully saturated rings. The van der Waals surface area contributed by atoms with Crippen LogP contribution in [0.4, 0.5) is 0 Å². The smallest absolute Gasteiger partial charge is 0.164 e. The molecule has 0 aliphatic carbocycles. The minimum Gasteiger partial charge on any atom is -0.307 e. The average Bonchev–Trinajstić information content (AvgIpc) is 3.88. The lowest BCUT2D eigenvalue weighted by Crippen LogP contribution is -2.02. The predicted molar refractivity (Wildman–Crippen MR) is 256 cm³/mol. The Hall–Kier alpha value is -8.41. The summed E-state index contributed by atoms with van der Waals surface area (Å²) in [6.07, 6.45) is 0. The van der Waals surface area contributed by atoms with Crippen LogP contribution in [0.3, 0.4) is 0 Å². The summed E-state index contributed by atoms with van der Waals surface area (Å²) in [7, 11) is 0. The molecule has 62 heavy (non-hydrogen) atoms. The van der Waals surface area contributed by atoms with E-state index in [1.54, 1.807) is 0 Å². The van der Waals surface area contributed by atoms with Crippen molar-refractivity contribution in [2.45, 2.75) is 0 Å². The second kappa shape index (κ2) is 14.7. The molecule has 0 saturated heterocycles. The van der Waals surface area contributed by atoms with Gasteiger partial charge in [-0.1, -0.05) is 188 Å². The molecular formula is C57H37N5. The maximum Gasteiger partial charge on any atom is 0.164 e. The highest BCUT2D eigenvalue weighted by atomic mass is 15.1. The van der Waals surface area contributed by atoms with Crippen molar-refractivity contribution in [1.29, 1.82) is 0 Å². The van der Waals surface area contributed by atoms with Gasteiger partial charge in [-0.3, -0.25) is 0 Å². The third-order valence-corrected chi connectivity index (χ3v) is 12.0. The fourth-order valence-corrected chi connectivity index (χ4v) is 9.14. The monoisotopic (exact) mass is 791 g/mol. The van der Waals surface area contributed by atoms with Crippen LogP contribution in [0.25, 0.3) is 111 Å². The van der Waals surface area contributed by atoms with Gasteiger partial charge in [0.25, 0.3) is 0 Å². The van der Waals surface area contributed by atoms with E-state index in [4.69, 9.17) is 15.0 Å². The molecule has 0 radical (unpaired) electrons. The van der Waals surface area contributed by atoms with E-state index in [-0.39, 0.29) is 0 Å². The Bertz CT molecular complexity index is 3610. The molecule has 5 nitrogen and oxygen atoms in total. The maximum absolute atomic E-state index is 5.26. The maximum atomic E-state index is 5.26. The Labute approximate surface area is 358 Å². The van der Waals surface area contributed by atoms with Crippen molar-refractivity contribution < 1.29 is 0 Å². The summed E-state index contributed by atoms with van der Waals surface area (Å²) in [6, 6.07) is 79.2. The van der Waals surface area contributed by atoms with E-state index in [2.05, 4.69) is 203 Å². The topological polar surface area (TPSA) is 48.5 Å². The van der Waals surface area contributed by atoms with Gasteiger partial charge >= 0.3 is 0 Å². The van der Waals surface area contributed by atoms with E-state index >= 15 is 0 Å². The molecule has 0 amide bonds. The molecule has 9 aromatic carbocycles. The van der Waals surface area contributed by atoms with Gasteiger partial charge in [0.2, 0.25) is 0 Å². The Morgan fingerprint density at radius 3 is 1.34 bits per heavy atom. The SMILES string of the molecule is c1ccc(-c2ccc(-n3c4ccccc4c4ccc5c6ccccc6n(-c6cccc(-c7nc(-c8ccccc8)nc(-c8ccccc8-c8ccccc8)n7)c6)c5c43)cc2)cc1. The zero-order chi connectivity index (χ0) is 41.0. The predicted octanol–water partition coefficient (Wildman–Crippen LogP) is 14.4. The molecule has 0 spiro atoms. The Balaban J connectivity index is 1.09.